The van der Waals surface area contributed by atoms with Crippen LogP contribution < -0.4 is 5.73 Å². The lowest BCUT2D eigenvalue weighted by Crippen LogP contribution is -2.03. The topological polar surface area (TPSA) is 69.6 Å². The van der Waals surface area contributed by atoms with Gasteiger partial charge in [-0.3, -0.25) is 0 Å². The lowest BCUT2D eigenvalue weighted by molar-refractivity contribution is 0.713. The highest BCUT2D eigenvalue weighted by Gasteiger charge is 2.07. The predicted molar refractivity (Wildman–Crippen MR) is 56.8 cm³/mol. The number of tetrazole rings is 1. The first-order valence-electron chi connectivity index (χ1n) is 4.47. The first-order chi connectivity index (χ1) is 7.22. The summed E-state index contributed by atoms with van der Waals surface area (Å²) < 4.78 is 0. The highest BCUT2D eigenvalue weighted by atomic mass is 35.5. The summed E-state index contributed by atoms with van der Waals surface area (Å²) in [4.78, 5) is 1.43. The van der Waals surface area contributed by atoms with Crippen molar-refractivity contribution in [2.45, 2.75) is 13.5 Å². The molecule has 0 atom stereocenters. The fourth-order valence-corrected chi connectivity index (χ4v) is 1.41. The molecule has 78 valence electrons. The molecule has 2 rings (SSSR count). The molecule has 5 nitrogen and oxygen atoms in total. The van der Waals surface area contributed by atoms with Crippen LogP contribution >= 0.6 is 11.6 Å². The van der Waals surface area contributed by atoms with Gasteiger partial charge < -0.3 is 5.73 Å². The molecule has 0 saturated carbocycles. The minimum atomic E-state index is 0.277. The Morgan fingerprint density at radius 3 is 2.93 bits per heavy atom. The summed E-state index contributed by atoms with van der Waals surface area (Å²) in [6.45, 7) is 2.18. The zero-order valence-corrected chi connectivity index (χ0v) is 8.94. The largest absolute Gasteiger partial charge is 0.324 e. The van der Waals surface area contributed by atoms with E-state index in [1.54, 1.807) is 0 Å². The third kappa shape index (κ3) is 1.84. The maximum atomic E-state index is 5.99. The molecule has 1 aromatic heterocycles. The van der Waals surface area contributed by atoms with Crippen LogP contribution in [0.2, 0.25) is 5.02 Å². The second-order valence-electron chi connectivity index (χ2n) is 3.08. The van der Waals surface area contributed by atoms with Crippen molar-refractivity contribution in [2.24, 2.45) is 5.73 Å². The Labute approximate surface area is 91.8 Å². The minimum absolute atomic E-state index is 0.277. The van der Waals surface area contributed by atoms with Gasteiger partial charge in [0, 0.05) is 5.02 Å². The summed E-state index contributed by atoms with van der Waals surface area (Å²) in [6, 6.07) is 5.54. The maximum Gasteiger partial charge on any atom is 0.188 e. The zero-order valence-electron chi connectivity index (χ0n) is 8.18. The van der Waals surface area contributed by atoms with Gasteiger partial charge in [-0.1, -0.05) is 17.7 Å². The van der Waals surface area contributed by atoms with Crippen LogP contribution in [0.15, 0.2) is 18.2 Å². The Hall–Kier alpha value is -1.46. The molecule has 0 amide bonds. The van der Waals surface area contributed by atoms with Crippen molar-refractivity contribution < 1.29 is 0 Å². The van der Waals surface area contributed by atoms with E-state index in [2.05, 4.69) is 15.4 Å². The lowest BCUT2D eigenvalue weighted by Gasteiger charge is -2.04. The summed E-state index contributed by atoms with van der Waals surface area (Å²) in [5.74, 6) is 0.509. The number of hydrogen-bond acceptors (Lipinski definition) is 4. The van der Waals surface area contributed by atoms with E-state index >= 15 is 0 Å². The molecule has 2 aromatic rings. The fraction of sp³-hybridized carbons (Fsp3) is 0.222. The van der Waals surface area contributed by atoms with Crippen molar-refractivity contribution in [1.29, 1.82) is 0 Å². The molecule has 0 aliphatic carbocycles. The number of aromatic nitrogens is 4. The van der Waals surface area contributed by atoms with Crippen molar-refractivity contribution in [3.05, 3.63) is 34.6 Å². The van der Waals surface area contributed by atoms with Crippen LogP contribution in [0, 0.1) is 6.92 Å². The average Bonchev–Trinajstić information content (AvgIpc) is 2.70. The minimum Gasteiger partial charge on any atom is -0.324 e. The smallest absolute Gasteiger partial charge is 0.188 e. The zero-order chi connectivity index (χ0) is 10.8. The molecular formula is C9H10ClN5. The van der Waals surface area contributed by atoms with Crippen LogP contribution in [0.25, 0.3) is 5.69 Å². The summed E-state index contributed by atoms with van der Waals surface area (Å²) in [6.07, 6.45) is 0. The number of benzene rings is 1. The molecular weight excluding hydrogens is 214 g/mol. The summed E-state index contributed by atoms with van der Waals surface area (Å²) in [7, 11) is 0. The normalized spacial score (nSPS) is 10.6. The van der Waals surface area contributed by atoms with E-state index in [-0.39, 0.29) is 6.54 Å². The molecule has 0 saturated heterocycles. The van der Waals surface area contributed by atoms with Crippen LogP contribution in [0.3, 0.4) is 0 Å². The number of nitrogens with two attached hydrogens (primary N) is 1. The first kappa shape index (κ1) is 10.1. The van der Waals surface area contributed by atoms with Gasteiger partial charge >= 0.3 is 0 Å². The van der Waals surface area contributed by atoms with Gasteiger partial charge in [-0.05, 0) is 29.8 Å². The van der Waals surface area contributed by atoms with Gasteiger partial charge in [0.1, 0.15) is 0 Å². The average molecular weight is 224 g/mol. The lowest BCUT2D eigenvalue weighted by atomic mass is 10.2. The van der Waals surface area contributed by atoms with Gasteiger partial charge in [-0.2, -0.15) is 0 Å². The van der Waals surface area contributed by atoms with E-state index in [4.69, 9.17) is 17.3 Å². The summed E-state index contributed by atoms with van der Waals surface area (Å²) in [5.41, 5.74) is 7.14. The molecule has 0 aliphatic rings. The SMILES string of the molecule is Cc1c(Cl)cccc1-n1nnc(CN)n1. The van der Waals surface area contributed by atoms with Gasteiger partial charge in [0.25, 0.3) is 0 Å². The van der Waals surface area contributed by atoms with E-state index < -0.39 is 0 Å². The van der Waals surface area contributed by atoms with Crippen molar-refractivity contribution in [1.82, 2.24) is 20.2 Å². The fourth-order valence-electron chi connectivity index (χ4n) is 1.24. The van der Waals surface area contributed by atoms with Crippen LogP contribution in [-0.4, -0.2) is 20.2 Å². The van der Waals surface area contributed by atoms with Crippen molar-refractivity contribution in [3.63, 3.8) is 0 Å². The maximum absolute atomic E-state index is 5.99. The summed E-state index contributed by atoms with van der Waals surface area (Å²) in [5, 5.41) is 12.5. The Balaban J connectivity index is 2.49. The molecule has 6 heteroatoms. The molecule has 0 bridgehead atoms. The highest BCUT2D eigenvalue weighted by Crippen LogP contribution is 2.20. The Kier molecular flexibility index (Phi) is 2.66. The van der Waals surface area contributed by atoms with Crippen LogP contribution in [-0.2, 0) is 6.54 Å². The van der Waals surface area contributed by atoms with E-state index in [0.717, 1.165) is 11.3 Å². The molecule has 0 aliphatic heterocycles. The number of hydrogen-bond donors (Lipinski definition) is 1. The molecule has 15 heavy (non-hydrogen) atoms. The molecule has 2 N–H and O–H groups in total. The third-order valence-corrected chi connectivity index (χ3v) is 2.50. The monoisotopic (exact) mass is 223 g/mol. The molecule has 0 unspecified atom stereocenters. The van der Waals surface area contributed by atoms with Crippen molar-refractivity contribution in [2.75, 3.05) is 0 Å². The van der Waals surface area contributed by atoms with Crippen molar-refractivity contribution >= 4 is 11.6 Å². The predicted octanol–water partition coefficient (Wildman–Crippen LogP) is 1.08. The van der Waals surface area contributed by atoms with Gasteiger partial charge in [0.2, 0.25) is 0 Å². The van der Waals surface area contributed by atoms with Gasteiger partial charge in [0.15, 0.2) is 5.82 Å². The molecule has 0 radical (unpaired) electrons. The van der Waals surface area contributed by atoms with E-state index in [1.165, 1.54) is 4.80 Å². The van der Waals surface area contributed by atoms with Crippen molar-refractivity contribution in [3.8, 4) is 5.69 Å². The summed E-state index contributed by atoms with van der Waals surface area (Å²) >= 11 is 5.99. The second-order valence-corrected chi connectivity index (χ2v) is 3.49. The number of halogens is 1. The van der Waals surface area contributed by atoms with Gasteiger partial charge in [0.05, 0.1) is 12.2 Å². The molecule has 0 spiro atoms. The second kappa shape index (κ2) is 3.96. The third-order valence-electron chi connectivity index (χ3n) is 2.09. The number of nitrogens with zero attached hydrogens (tertiary/aromatic N) is 4. The standard InChI is InChI=1S/C9H10ClN5/c1-6-7(10)3-2-4-8(6)15-13-9(5-11)12-14-15/h2-4H,5,11H2,1H3. The van der Waals surface area contributed by atoms with E-state index in [9.17, 15) is 0 Å². The van der Waals surface area contributed by atoms with E-state index in [0.29, 0.717) is 10.8 Å². The first-order valence-corrected chi connectivity index (χ1v) is 4.84. The highest BCUT2D eigenvalue weighted by molar-refractivity contribution is 6.31. The quantitative estimate of drug-likeness (QED) is 0.827. The number of rotatable bonds is 2. The van der Waals surface area contributed by atoms with Crippen LogP contribution in [0.5, 0.6) is 0 Å². The van der Waals surface area contributed by atoms with Crippen LogP contribution in [0.1, 0.15) is 11.4 Å². The Morgan fingerprint density at radius 1 is 1.47 bits per heavy atom. The van der Waals surface area contributed by atoms with Gasteiger partial charge in [-0.25, -0.2) is 0 Å². The Bertz CT molecular complexity index is 479. The van der Waals surface area contributed by atoms with Crippen LogP contribution in [0.4, 0.5) is 0 Å². The molecule has 1 aromatic carbocycles. The molecule has 0 fully saturated rings. The molecule has 1 heterocycles. The van der Waals surface area contributed by atoms with E-state index in [1.807, 2.05) is 25.1 Å². The Morgan fingerprint density at radius 2 is 2.27 bits per heavy atom. The van der Waals surface area contributed by atoms with Gasteiger partial charge in [-0.15, -0.1) is 15.0 Å².